The largest absolute Gasteiger partial charge is 3.00 e. The van der Waals surface area contributed by atoms with Crippen LogP contribution >= 0.6 is 0 Å². The summed E-state index contributed by atoms with van der Waals surface area (Å²) in [5, 5.41) is 36.8. The molecule has 3 nitrogen and oxygen atoms in total. The molecule has 3 rings (SSSR count). The Bertz CT molecular complexity index is 1140. The minimum Gasteiger partial charge on any atom is -0.872 e. The van der Waals surface area contributed by atoms with Crippen LogP contribution < -0.4 is 15.3 Å². The standard InChI is InChI=1S/3C14H22O.Sm/c3*1-13(2,3)10-8-7-9-11(12(10)15)14(4,5)6;/h3*7-9,15H,1-6H3;/q;;;+3/p-3. The van der Waals surface area contributed by atoms with Crippen molar-refractivity contribution in [3.8, 4) is 17.2 Å². The molecule has 0 saturated heterocycles. The number of para-hydroxylation sites is 3. The van der Waals surface area contributed by atoms with Crippen LogP contribution in [0, 0.1) is 40.4 Å². The van der Waals surface area contributed by atoms with Gasteiger partial charge in [0.05, 0.1) is 0 Å². The number of hydrogen-bond donors (Lipinski definition) is 0. The van der Waals surface area contributed by atoms with Gasteiger partial charge in [-0.05, 0) is 32.5 Å². The first-order valence-corrected chi connectivity index (χ1v) is 16.3. The molecule has 255 valence electrons. The van der Waals surface area contributed by atoms with Gasteiger partial charge in [-0.15, -0.1) is 17.2 Å². The minimum atomic E-state index is -0.0711. The average molecular weight is 766 g/mol. The molecule has 0 aromatic heterocycles. The summed E-state index contributed by atoms with van der Waals surface area (Å²) in [5.74, 6) is 0.618. The summed E-state index contributed by atoms with van der Waals surface area (Å²) in [6.45, 7) is 37.4. The molecule has 0 atom stereocenters. The van der Waals surface area contributed by atoms with Crippen LogP contribution in [-0.4, -0.2) is 0 Å². The van der Waals surface area contributed by atoms with E-state index in [9.17, 15) is 15.3 Å². The molecule has 0 unspecified atom stereocenters. The monoisotopic (exact) mass is 767 g/mol. The number of benzene rings is 3. The molecule has 0 bridgehead atoms. The van der Waals surface area contributed by atoms with Gasteiger partial charge in [-0.25, -0.2) is 0 Å². The predicted molar refractivity (Wildman–Crippen MR) is 190 cm³/mol. The molecule has 46 heavy (non-hydrogen) atoms. The Hall–Kier alpha value is -1.60. The Balaban J connectivity index is 0.000000653. The van der Waals surface area contributed by atoms with E-state index in [4.69, 9.17) is 0 Å². The number of hydrogen-bond acceptors (Lipinski definition) is 3. The van der Waals surface area contributed by atoms with E-state index in [0.29, 0.717) is 0 Å². The van der Waals surface area contributed by atoms with E-state index >= 15 is 0 Å². The molecule has 0 heterocycles. The molecule has 4 heteroatoms. The Kier molecular flexibility index (Phi) is 15.2. The molecule has 1 radical (unpaired) electrons. The van der Waals surface area contributed by atoms with Gasteiger partial charge >= 0.3 is 40.4 Å². The first-order chi connectivity index (χ1) is 19.9. The fourth-order valence-corrected chi connectivity index (χ4v) is 5.15. The quantitative estimate of drug-likeness (QED) is 0.229. The average Bonchev–Trinajstić information content (AvgIpc) is 2.81. The summed E-state index contributed by atoms with van der Waals surface area (Å²) in [4.78, 5) is 0. The second-order valence-electron chi connectivity index (χ2n) is 18.5. The van der Waals surface area contributed by atoms with E-state index in [2.05, 4.69) is 125 Å². The summed E-state index contributed by atoms with van der Waals surface area (Å²) in [5.41, 5.74) is 5.05. The van der Waals surface area contributed by atoms with Gasteiger partial charge in [-0.2, -0.15) is 0 Å². The van der Waals surface area contributed by atoms with E-state index in [1.807, 2.05) is 54.6 Å². The Morgan fingerprint density at radius 3 is 0.478 bits per heavy atom. The molecule has 0 fully saturated rings. The molecule has 0 saturated carbocycles. The zero-order valence-electron chi connectivity index (χ0n) is 32.3. The van der Waals surface area contributed by atoms with E-state index in [0.717, 1.165) is 33.4 Å². The summed E-state index contributed by atoms with van der Waals surface area (Å²) in [6.07, 6.45) is 0. The van der Waals surface area contributed by atoms with Gasteiger partial charge < -0.3 is 15.3 Å². The number of rotatable bonds is 0. The van der Waals surface area contributed by atoms with E-state index in [1.165, 1.54) is 0 Å². The molecule has 0 aliphatic carbocycles. The Morgan fingerprint density at radius 1 is 0.283 bits per heavy atom. The van der Waals surface area contributed by atoms with Gasteiger partial charge in [-0.1, -0.05) is 213 Å². The van der Waals surface area contributed by atoms with Crippen LogP contribution in [0.1, 0.15) is 158 Å². The molecule has 3 aromatic rings. The van der Waals surface area contributed by atoms with Crippen LogP contribution in [0.2, 0.25) is 0 Å². The third-order valence-electron chi connectivity index (χ3n) is 7.89. The van der Waals surface area contributed by atoms with Crippen LogP contribution in [0.15, 0.2) is 54.6 Å². The predicted octanol–water partition coefficient (Wildman–Crippen LogP) is 10.1. The normalized spacial score (nSPS) is 12.7. The van der Waals surface area contributed by atoms with Gasteiger partial charge in [-0.3, -0.25) is 0 Å². The van der Waals surface area contributed by atoms with Crippen molar-refractivity contribution in [2.75, 3.05) is 0 Å². The Labute approximate surface area is 315 Å². The fraction of sp³-hybridized carbons (Fsp3) is 0.571. The molecule has 0 aliphatic rings. The van der Waals surface area contributed by atoms with Crippen LogP contribution in [0.3, 0.4) is 0 Å². The van der Waals surface area contributed by atoms with Crippen molar-refractivity contribution in [3.05, 3.63) is 88.0 Å². The van der Waals surface area contributed by atoms with Gasteiger partial charge in [0.2, 0.25) is 0 Å². The summed E-state index contributed by atoms with van der Waals surface area (Å²) in [7, 11) is 0. The second-order valence-corrected chi connectivity index (χ2v) is 18.5. The second kappa shape index (κ2) is 15.7. The van der Waals surface area contributed by atoms with E-state index in [1.54, 1.807) is 0 Å². The zero-order valence-corrected chi connectivity index (χ0v) is 34.9. The van der Waals surface area contributed by atoms with E-state index in [-0.39, 0.29) is 90.1 Å². The van der Waals surface area contributed by atoms with Crippen LogP contribution in [0.4, 0.5) is 0 Å². The molecule has 0 spiro atoms. The summed E-state index contributed by atoms with van der Waals surface area (Å²) < 4.78 is 0. The van der Waals surface area contributed by atoms with Crippen molar-refractivity contribution in [1.29, 1.82) is 0 Å². The Morgan fingerprint density at radius 2 is 0.391 bits per heavy atom. The molecule has 0 amide bonds. The van der Waals surface area contributed by atoms with Gasteiger partial charge in [0.1, 0.15) is 0 Å². The smallest absolute Gasteiger partial charge is 0.872 e. The fourth-order valence-electron chi connectivity index (χ4n) is 5.15. The molecule has 3 aromatic carbocycles. The van der Waals surface area contributed by atoms with Crippen molar-refractivity contribution in [1.82, 2.24) is 0 Å². The van der Waals surface area contributed by atoms with Crippen LogP contribution in [0.25, 0.3) is 0 Å². The first-order valence-electron chi connectivity index (χ1n) is 16.3. The van der Waals surface area contributed by atoms with Gasteiger partial charge in [0.25, 0.3) is 0 Å². The molecular formula is C42H63O3Sm. The SMILES string of the molecule is CC(C)(C)c1cccc(C(C)(C)C)c1[O-].CC(C)(C)c1cccc(C(C)(C)C)c1[O-].CC(C)(C)c1cccc(C(C)(C)C)c1[O-].[Sm+3]. The summed E-state index contributed by atoms with van der Waals surface area (Å²) >= 11 is 0. The first kappa shape index (κ1) is 44.4. The molecule has 0 N–H and O–H groups in total. The van der Waals surface area contributed by atoms with Crippen LogP contribution in [-0.2, 0) is 32.5 Å². The third-order valence-corrected chi connectivity index (χ3v) is 7.89. The maximum Gasteiger partial charge on any atom is 3.00 e. The maximum atomic E-state index is 12.3. The third kappa shape index (κ3) is 12.4. The van der Waals surface area contributed by atoms with E-state index < -0.39 is 0 Å². The maximum absolute atomic E-state index is 12.3. The van der Waals surface area contributed by atoms with Crippen molar-refractivity contribution >= 4 is 0 Å². The molecular weight excluding hydrogens is 703 g/mol. The van der Waals surface area contributed by atoms with Crippen molar-refractivity contribution in [2.45, 2.75) is 157 Å². The van der Waals surface area contributed by atoms with Crippen LogP contribution in [0.5, 0.6) is 17.2 Å². The summed E-state index contributed by atoms with van der Waals surface area (Å²) in [6, 6.07) is 17.6. The van der Waals surface area contributed by atoms with Gasteiger partial charge in [0, 0.05) is 0 Å². The molecule has 0 aliphatic heterocycles. The zero-order chi connectivity index (χ0) is 35.6. The minimum absolute atomic E-state index is 0. The van der Waals surface area contributed by atoms with Crippen molar-refractivity contribution in [2.24, 2.45) is 0 Å². The van der Waals surface area contributed by atoms with Crippen molar-refractivity contribution < 1.29 is 55.7 Å². The van der Waals surface area contributed by atoms with Crippen molar-refractivity contribution in [3.63, 3.8) is 0 Å². The van der Waals surface area contributed by atoms with Gasteiger partial charge in [0.15, 0.2) is 0 Å². The topological polar surface area (TPSA) is 69.2 Å².